The normalized spacial score (nSPS) is 18.7. The Hall–Kier alpha value is -2.48. The van der Waals surface area contributed by atoms with Gasteiger partial charge in [-0.05, 0) is 38.4 Å². The number of ether oxygens (including phenoxy) is 1. The molecule has 1 fully saturated rings. The number of aliphatic hydroxyl groups excluding tert-OH is 1. The van der Waals surface area contributed by atoms with Gasteiger partial charge in [0.15, 0.2) is 0 Å². The third-order valence-electron chi connectivity index (χ3n) is 4.61. The van der Waals surface area contributed by atoms with Crippen LogP contribution in [0.25, 0.3) is 5.76 Å². The zero-order valence-electron chi connectivity index (χ0n) is 16.1. The Bertz CT molecular complexity index is 970. The number of methoxy groups -OCH3 is 1. The number of hydrogen-bond donors (Lipinski definition) is 1. The van der Waals surface area contributed by atoms with Gasteiger partial charge >= 0.3 is 0 Å². The monoisotopic (exact) mass is 438 g/mol. The second-order valence-electron chi connectivity index (χ2n) is 6.78. The smallest absolute Gasteiger partial charge is 0.295 e. The third kappa shape index (κ3) is 3.99. The Morgan fingerprint density at radius 3 is 2.62 bits per heavy atom. The summed E-state index contributed by atoms with van der Waals surface area (Å²) in [6.07, 6.45) is 1.44. The minimum absolute atomic E-state index is 0.111. The quantitative estimate of drug-likeness (QED) is 0.421. The SMILES string of the molecule is COc1c(Cl)cc(Cl)cc1/C(O)=C1/C(=O)C(=O)N(CCN(C)C)C1c1ccco1. The molecule has 2 aromatic rings. The summed E-state index contributed by atoms with van der Waals surface area (Å²) in [6.45, 7) is 0.795. The van der Waals surface area contributed by atoms with Crippen LogP contribution in [0.4, 0.5) is 0 Å². The number of carbonyl (C=O) groups is 2. The topological polar surface area (TPSA) is 83.2 Å². The van der Waals surface area contributed by atoms with Gasteiger partial charge in [-0.25, -0.2) is 0 Å². The van der Waals surface area contributed by atoms with Gasteiger partial charge in [0.25, 0.3) is 11.7 Å². The maximum absolute atomic E-state index is 12.9. The Morgan fingerprint density at radius 2 is 2.03 bits per heavy atom. The van der Waals surface area contributed by atoms with Gasteiger partial charge in [-0.15, -0.1) is 0 Å². The first-order valence-corrected chi connectivity index (χ1v) is 9.51. The molecular weight excluding hydrogens is 419 g/mol. The number of nitrogens with zero attached hydrogens (tertiary/aromatic N) is 2. The highest BCUT2D eigenvalue weighted by atomic mass is 35.5. The van der Waals surface area contributed by atoms with Gasteiger partial charge in [0.2, 0.25) is 0 Å². The molecule has 1 aliphatic heterocycles. The van der Waals surface area contributed by atoms with Crippen molar-refractivity contribution in [2.45, 2.75) is 6.04 Å². The number of ketones is 1. The molecule has 0 radical (unpaired) electrons. The van der Waals surface area contributed by atoms with E-state index < -0.39 is 23.5 Å². The van der Waals surface area contributed by atoms with Crippen LogP contribution in [0.3, 0.4) is 0 Å². The number of benzene rings is 1. The van der Waals surface area contributed by atoms with Gasteiger partial charge in [-0.2, -0.15) is 0 Å². The lowest BCUT2D eigenvalue weighted by Crippen LogP contribution is -2.35. The van der Waals surface area contributed by atoms with Gasteiger partial charge in [0, 0.05) is 18.1 Å². The summed E-state index contributed by atoms with van der Waals surface area (Å²) in [7, 11) is 5.10. The van der Waals surface area contributed by atoms with E-state index in [0.29, 0.717) is 12.3 Å². The number of Topliss-reactive ketones (excluding diaryl/α,β-unsaturated/α-hetero) is 1. The van der Waals surface area contributed by atoms with Crippen molar-refractivity contribution in [1.82, 2.24) is 9.80 Å². The van der Waals surface area contributed by atoms with E-state index >= 15 is 0 Å². The van der Waals surface area contributed by atoms with Gasteiger partial charge in [0.05, 0.1) is 29.5 Å². The molecule has 1 aromatic carbocycles. The Labute approximate surface area is 178 Å². The molecule has 154 valence electrons. The van der Waals surface area contributed by atoms with Gasteiger partial charge < -0.3 is 24.1 Å². The van der Waals surface area contributed by atoms with Crippen molar-refractivity contribution in [3.05, 3.63) is 57.5 Å². The van der Waals surface area contributed by atoms with E-state index in [2.05, 4.69) is 0 Å². The molecule has 9 heteroatoms. The predicted octanol–water partition coefficient (Wildman–Crippen LogP) is 3.58. The van der Waals surface area contributed by atoms with E-state index in [1.54, 1.807) is 12.1 Å². The lowest BCUT2D eigenvalue weighted by atomic mass is 9.98. The molecule has 3 rings (SSSR count). The fourth-order valence-electron chi connectivity index (χ4n) is 3.25. The lowest BCUT2D eigenvalue weighted by Gasteiger charge is -2.24. The molecule has 2 heterocycles. The van der Waals surface area contributed by atoms with Crippen molar-refractivity contribution in [3.8, 4) is 5.75 Å². The van der Waals surface area contributed by atoms with Crippen LogP contribution >= 0.6 is 23.2 Å². The predicted molar refractivity (Wildman–Crippen MR) is 109 cm³/mol. The maximum Gasteiger partial charge on any atom is 0.295 e. The molecule has 0 aliphatic carbocycles. The summed E-state index contributed by atoms with van der Waals surface area (Å²) in [5.74, 6) is -1.47. The summed E-state index contributed by atoms with van der Waals surface area (Å²) in [5, 5.41) is 11.5. The zero-order chi connectivity index (χ0) is 21.3. The molecule has 29 heavy (non-hydrogen) atoms. The highest BCUT2D eigenvalue weighted by Crippen LogP contribution is 2.43. The molecule has 7 nitrogen and oxygen atoms in total. The largest absolute Gasteiger partial charge is 0.507 e. The van der Waals surface area contributed by atoms with Crippen LogP contribution in [0.15, 0.2) is 40.5 Å². The number of amides is 1. The Kier molecular flexibility index (Phi) is 6.21. The summed E-state index contributed by atoms with van der Waals surface area (Å²) < 4.78 is 10.8. The number of hydrogen-bond acceptors (Lipinski definition) is 6. The molecular formula is C20H20Cl2N2O5. The van der Waals surface area contributed by atoms with Crippen LogP contribution in [0.5, 0.6) is 5.75 Å². The van der Waals surface area contributed by atoms with Crippen LogP contribution in [0, 0.1) is 0 Å². The fourth-order valence-corrected chi connectivity index (χ4v) is 3.82. The molecule has 1 unspecified atom stereocenters. The van der Waals surface area contributed by atoms with Crippen molar-refractivity contribution in [3.63, 3.8) is 0 Å². The van der Waals surface area contributed by atoms with E-state index in [4.69, 9.17) is 32.4 Å². The van der Waals surface area contributed by atoms with E-state index in [1.165, 1.54) is 30.4 Å². The average molecular weight is 439 g/mol. The molecule has 0 saturated carbocycles. The number of aliphatic hydroxyl groups is 1. The first-order valence-electron chi connectivity index (χ1n) is 8.76. The number of halogens is 2. The van der Waals surface area contributed by atoms with Crippen LogP contribution in [0.2, 0.25) is 10.0 Å². The van der Waals surface area contributed by atoms with E-state index in [1.807, 2.05) is 19.0 Å². The molecule has 1 aromatic heterocycles. The fraction of sp³-hybridized carbons (Fsp3) is 0.300. The molecule has 1 atom stereocenters. The first kappa shape index (κ1) is 21.2. The summed E-state index contributed by atoms with van der Waals surface area (Å²) in [6, 6.07) is 5.30. The van der Waals surface area contributed by atoms with Crippen molar-refractivity contribution >= 4 is 40.7 Å². The van der Waals surface area contributed by atoms with Gasteiger partial charge in [-0.3, -0.25) is 9.59 Å². The van der Waals surface area contributed by atoms with Crippen LogP contribution < -0.4 is 4.74 Å². The second kappa shape index (κ2) is 8.49. The zero-order valence-corrected chi connectivity index (χ0v) is 17.6. The van der Waals surface area contributed by atoms with Crippen molar-refractivity contribution in [2.24, 2.45) is 0 Å². The van der Waals surface area contributed by atoms with Crippen LogP contribution in [0.1, 0.15) is 17.4 Å². The van der Waals surface area contributed by atoms with Crippen molar-refractivity contribution in [2.75, 3.05) is 34.3 Å². The minimum atomic E-state index is -0.882. The van der Waals surface area contributed by atoms with E-state index in [0.717, 1.165) is 0 Å². The van der Waals surface area contributed by atoms with Crippen molar-refractivity contribution in [1.29, 1.82) is 0 Å². The van der Waals surface area contributed by atoms with Gasteiger partial charge in [-0.1, -0.05) is 23.2 Å². The molecule has 1 amide bonds. The Balaban J connectivity index is 2.20. The number of carbonyl (C=O) groups excluding carboxylic acids is 2. The highest BCUT2D eigenvalue weighted by Gasteiger charge is 2.47. The molecule has 1 N–H and O–H groups in total. The standard InChI is InChI=1S/C20H20Cl2N2O5/c1-23(2)6-7-24-16(14-5-4-8-29-14)15(18(26)20(24)27)17(25)12-9-11(21)10-13(22)19(12)28-3/h4-5,8-10,16,25H,6-7H2,1-3H3/b17-15-. The van der Waals surface area contributed by atoms with Crippen LogP contribution in [-0.4, -0.2) is 60.9 Å². The third-order valence-corrected chi connectivity index (χ3v) is 5.11. The van der Waals surface area contributed by atoms with Gasteiger partial charge in [0.1, 0.15) is 23.3 Å². The number of likely N-dealkylation sites (tertiary alicyclic amines) is 1. The molecule has 1 saturated heterocycles. The Morgan fingerprint density at radius 1 is 1.31 bits per heavy atom. The minimum Gasteiger partial charge on any atom is -0.507 e. The summed E-state index contributed by atoms with van der Waals surface area (Å²) in [4.78, 5) is 28.9. The number of likely N-dealkylation sites (N-methyl/N-ethyl adjacent to an activating group) is 1. The number of furan rings is 1. The van der Waals surface area contributed by atoms with Crippen molar-refractivity contribution < 1.29 is 23.8 Å². The molecule has 0 spiro atoms. The van der Waals surface area contributed by atoms with E-state index in [-0.39, 0.29) is 33.5 Å². The average Bonchev–Trinajstić information content (AvgIpc) is 3.26. The highest BCUT2D eigenvalue weighted by molar-refractivity contribution is 6.46. The lowest BCUT2D eigenvalue weighted by molar-refractivity contribution is -0.140. The number of rotatable bonds is 6. The first-order chi connectivity index (χ1) is 13.8. The molecule has 1 aliphatic rings. The van der Waals surface area contributed by atoms with Crippen LogP contribution in [-0.2, 0) is 9.59 Å². The second-order valence-corrected chi connectivity index (χ2v) is 7.62. The summed E-state index contributed by atoms with van der Waals surface area (Å²) in [5.41, 5.74) is 0.00695. The van der Waals surface area contributed by atoms with E-state index in [9.17, 15) is 14.7 Å². The summed E-state index contributed by atoms with van der Waals surface area (Å²) >= 11 is 12.3. The maximum atomic E-state index is 12.9. The molecule has 0 bridgehead atoms.